The van der Waals surface area contributed by atoms with Gasteiger partial charge >= 0.3 is 11.9 Å². The maximum absolute atomic E-state index is 9.59. The van der Waals surface area contributed by atoms with Crippen LogP contribution in [0.4, 0.5) is 0 Å². The van der Waals surface area contributed by atoms with E-state index >= 15 is 0 Å². The summed E-state index contributed by atoms with van der Waals surface area (Å²) in [6.45, 7) is 1.72. The average molecular weight is 189 g/mol. The van der Waals surface area contributed by atoms with Crippen LogP contribution in [-0.4, -0.2) is 28.1 Å². The summed E-state index contributed by atoms with van der Waals surface area (Å²) in [7, 11) is 0. The molecule has 0 aliphatic heterocycles. The van der Waals surface area contributed by atoms with Gasteiger partial charge in [0.05, 0.1) is 0 Å². The van der Waals surface area contributed by atoms with Crippen molar-refractivity contribution < 1.29 is 24.6 Å². The first-order valence-electron chi connectivity index (χ1n) is 3.32. The Bertz CT molecular complexity index is 205. The molecule has 0 saturated carbocycles. The van der Waals surface area contributed by atoms with Gasteiger partial charge in [0, 0.05) is 18.6 Å². The summed E-state index contributed by atoms with van der Waals surface area (Å²) < 4.78 is 0. The molecule has 0 aromatic carbocycles. The van der Waals surface area contributed by atoms with Gasteiger partial charge in [0.15, 0.2) is 0 Å². The zero-order valence-electron chi connectivity index (χ0n) is 7.06. The first-order chi connectivity index (χ1) is 5.90. The van der Waals surface area contributed by atoms with Gasteiger partial charge in [-0.15, -0.1) is 0 Å². The molecule has 4 N–H and O–H groups in total. The van der Waals surface area contributed by atoms with Crippen LogP contribution in [0.1, 0.15) is 13.3 Å². The molecule has 0 atom stereocenters. The van der Waals surface area contributed by atoms with Crippen molar-refractivity contribution in [1.29, 1.82) is 0 Å². The lowest BCUT2D eigenvalue weighted by Crippen LogP contribution is -2.06. The fourth-order valence-corrected chi connectivity index (χ4v) is 0.143. The van der Waals surface area contributed by atoms with E-state index in [0.717, 1.165) is 0 Å². The quantitative estimate of drug-likeness (QED) is 0.522. The SMILES string of the molecule is CCC(N)=O.O=C(O)/C=C/C(=O)O. The van der Waals surface area contributed by atoms with Gasteiger partial charge in [0.2, 0.25) is 5.91 Å². The summed E-state index contributed by atoms with van der Waals surface area (Å²) in [5, 5.41) is 15.6. The number of nitrogens with two attached hydrogens (primary N) is 1. The van der Waals surface area contributed by atoms with E-state index in [9.17, 15) is 14.4 Å². The summed E-state index contributed by atoms with van der Waals surface area (Å²) in [6.07, 6.45) is 1.56. The molecule has 0 unspecified atom stereocenters. The van der Waals surface area contributed by atoms with Crippen molar-refractivity contribution in [3.63, 3.8) is 0 Å². The molecule has 0 aromatic heterocycles. The second-order valence-corrected chi connectivity index (χ2v) is 1.83. The van der Waals surface area contributed by atoms with Gasteiger partial charge in [-0.05, 0) is 0 Å². The average Bonchev–Trinajstić information content (AvgIpc) is 2.02. The van der Waals surface area contributed by atoms with Gasteiger partial charge in [0.1, 0.15) is 0 Å². The summed E-state index contributed by atoms with van der Waals surface area (Å²) in [5.41, 5.74) is 4.65. The molecule has 74 valence electrons. The van der Waals surface area contributed by atoms with Crippen molar-refractivity contribution in [2.75, 3.05) is 0 Å². The molecule has 0 radical (unpaired) electrons. The third-order valence-corrected chi connectivity index (χ3v) is 0.717. The second kappa shape index (κ2) is 8.25. The van der Waals surface area contributed by atoms with E-state index in [0.29, 0.717) is 18.6 Å². The number of carbonyl (C=O) groups excluding carboxylic acids is 1. The maximum Gasteiger partial charge on any atom is 0.328 e. The fourth-order valence-electron chi connectivity index (χ4n) is 0.143. The van der Waals surface area contributed by atoms with Gasteiger partial charge in [-0.3, -0.25) is 4.79 Å². The Morgan fingerprint density at radius 1 is 1.15 bits per heavy atom. The molecule has 0 bridgehead atoms. The Kier molecular flexibility index (Phi) is 8.71. The third kappa shape index (κ3) is 25.4. The number of carboxylic acids is 2. The van der Waals surface area contributed by atoms with E-state index in [1.807, 2.05) is 0 Å². The molecule has 6 nitrogen and oxygen atoms in total. The highest BCUT2D eigenvalue weighted by Gasteiger charge is 1.88. The van der Waals surface area contributed by atoms with E-state index in [2.05, 4.69) is 5.73 Å². The van der Waals surface area contributed by atoms with E-state index < -0.39 is 11.9 Å². The standard InChI is InChI=1S/C4H4O4.C3H7NO/c5-3(6)1-2-4(7)8;1-2-3(4)5/h1-2H,(H,5,6)(H,7,8);2H2,1H3,(H2,4,5)/b2-1+;. The zero-order valence-corrected chi connectivity index (χ0v) is 7.06. The molecular formula is C7H11NO5. The molecule has 6 heteroatoms. The smallest absolute Gasteiger partial charge is 0.328 e. The summed E-state index contributed by atoms with van der Waals surface area (Å²) in [6, 6.07) is 0. The number of amides is 1. The number of hydrogen-bond acceptors (Lipinski definition) is 3. The second-order valence-electron chi connectivity index (χ2n) is 1.83. The highest BCUT2D eigenvalue weighted by Crippen LogP contribution is 1.70. The normalized spacial score (nSPS) is 8.69. The van der Waals surface area contributed by atoms with Gasteiger partial charge in [-0.25, -0.2) is 9.59 Å². The Hall–Kier alpha value is -1.85. The van der Waals surface area contributed by atoms with Crippen LogP contribution in [0.15, 0.2) is 12.2 Å². The lowest BCUT2D eigenvalue weighted by atomic mass is 10.5. The lowest BCUT2D eigenvalue weighted by Gasteiger charge is -1.74. The molecule has 0 aliphatic rings. The van der Waals surface area contributed by atoms with Gasteiger partial charge in [-0.1, -0.05) is 6.92 Å². The van der Waals surface area contributed by atoms with Gasteiger partial charge in [-0.2, -0.15) is 0 Å². The zero-order chi connectivity index (χ0) is 10.9. The highest BCUT2D eigenvalue weighted by atomic mass is 16.4. The van der Waals surface area contributed by atoms with Crippen molar-refractivity contribution in [3.8, 4) is 0 Å². The largest absolute Gasteiger partial charge is 0.478 e. The molecule has 0 saturated heterocycles. The number of primary amides is 1. The van der Waals surface area contributed by atoms with E-state index in [1.54, 1.807) is 6.92 Å². The van der Waals surface area contributed by atoms with Crippen molar-refractivity contribution >= 4 is 17.8 Å². The Balaban J connectivity index is 0. The minimum absolute atomic E-state index is 0.245. The molecule has 0 fully saturated rings. The number of hydrogen-bond donors (Lipinski definition) is 3. The molecule has 0 spiro atoms. The van der Waals surface area contributed by atoms with E-state index in [1.165, 1.54) is 0 Å². The van der Waals surface area contributed by atoms with Gasteiger partial charge in [0.25, 0.3) is 0 Å². The van der Waals surface area contributed by atoms with Crippen LogP contribution in [0.25, 0.3) is 0 Å². The lowest BCUT2D eigenvalue weighted by molar-refractivity contribution is -0.134. The van der Waals surface area contributed by atoms with Crippen molar-refractivity contribution in [2.24, 2.45) is 5.73 Å². The summed E-state index contributed by atoms with van der Waals surface area (Å²) >= 11 is 0. The Morgan fingerprint density at radius 2 is 1.38 bits per heavy atom. The van der Waals surface area contributed by atoms with E-state index in [4.69, 9.17) is 10.2 Å². The van der Waals surface area contributed by atoms with Crippen LogP contribution in [0, 0.1) is 0 Å². The minimum Gasteiger partial charge on any atom is -0.478 e. The van der Waals surface area contributed by atoms with Crippen LogP contribution in [0.3, 0.4) is 0 Å². The molecule has 0 rings (SSSR count). The van der Waals surface area contributed by atoms with Crippen LogP contribution in [-0.2, 0) is 14.4 Å². The molecule has 0 heterocycles. The molecular weight excluding hydrogens is 178 g/mol. The summed E-state index contributed by atoms with van der Waals surface area (Å²) in [5.74, 6) is -2.76. The predicted molar refractivity (Wildman–Crippen MR) is 43.9 cm³/mol. The van der Waals surface area contributed by atoms with Gasteiger partial charge < -0.3 is 15.9 Å². The highest BCUT2D eigenvalue weighted by molar-refractivity contribution is 5.89. The minimum atomic E-state index is -1.26. The summed E-state index contributed by atoms with van der Waals surface area (Å²) in [4.78, 5) is 28.7. The number of aliphatic carboxylic acids is 2. The predicted octanol–water partition coefficient (Wildman–Crippen LogP) is -0.406. The maximum atomic E-state index is 9.59. The number of carbonyl (C=O) groups is 3. The van der Waals surface area contributed by atoms with Crippen molar-refractivity contribution in [2.45, 2.75) is 13.3 Å². The topological polar surface area (TPSA) is 118 Å². The van der Waals surface area contributed by atoms with Crippen LogP contribution >= 0.6 is 0 Å². The van der Waals surface area contributed by atoms with Crippen LogP contribution < -0.4 is 5.73 Å². The number of rotatable bonds is 3. The number of carboxylic acid groups (broad SMARTS) is 2. The molecule has 13 heavy (non-hydrogen) atoms. The fraction of sp³-hybridized carbons (Fsp3) is 0.286. The molecule has 1 amide bonds. The third-order valence-electron chi connectivity index (χ3n) is 0.717. The van der Waals surface area contributed by atoms with Crippen LogP contribution in [0.2, 0.25) is 0 Å². The molecule has 0 aliphatic carbocycles. The Labute approximate surface area is 74.7 Å². The first-order valence-corrected chi connectivity index (χ1v) is 3.32. The van der Waals surface area contributed by atoms with Crippen molar-refractivity contribution in [3.05, 3.63) is 12.2 Å². The Morgan fingerprint density at radius 3 is 1.46 bits per heavy atom. The van der Waals surface area contributed by atoms with Crippen molar-refractivity contribution in [1.82, 2.24) is 0 Å². The molecule has 0 aromatic rings. The van der Waals surface area contributed by atoms with Crippen LogP contribution in [0.5, 0.6) is 0 Å². The first kappa shape index (κ1) is 13.7. The van der Waals surface area contributed by atoms with E-state index in [-0.39, 0.29) is 5.91 Å². The monoisotopic (exact) mass is 189 g/mol.